The summed E-state index contributed by atoms with van der Waals surface area (Å²) in [6.07, 6.45) is 3.84. The van der Waals surface area contributed by atoms with Crippen molar-refractivity contribution < 1.29 is 22.7 Å². The van der Waals surface area contributed by atoms with Crippen molar-refractivity contribution in [1.82, 2.24) is 9.62 Å². The molecule has 29 heavy (non-hydrogen) atoms. The molecule has 2 rings (SSSR count). The van der Waals surface area contributed by atoms with Crippen molar-refractivity contribution in [2.45, 2.75) is 69.9 Å². The zero-order valence-electron chi connectivity index (χ0n) is 17.3. The fraction of sp³-hybridized carbons (Fsp3) is 0.600. The number of esters is 1. The maximum atomic E-state index is 12.6. The number of sulfonamides is 1. The number of benzene rings is 1. The van der Waals surface area contributed by atoms with Gasteiger partial charge in [0.05, 0.1) is 10.6 Å². The van der Waals surface area contributed by atoms with E-state index in [0.717, 1.165) is 25.7 Å². The number of carbonyl (C=O) groups excluding carboxylic acids is 2. The molecule has 1 saturated heterocycles. The van der Waals surface area contributed by atoms with E-state index in [1.54, 1.807) is 25.7 Å². The summed E-state index contributed by atoms with van der Waals surface area (Å²) in [5.74, 6) is -1.01. The third-order valence-corrected chi connectivity index (χ3v) is 6.88. The van der Waals surface area contributed by atoms with Gasteiger partial charge in [0.15, 0.2) is 6.61 Å². The number of ether oxygens (including phenoxy) is 1. The highest BCUT2D eigenvalue weighted by atomic mass is 35.5. The van der Waals surface area contributed by atoms with Crippen LogP contribution in [0.5, 0.6) is 0 Å². The summed E-state index contributed by atoms with van der Waals surface area (Å²) in [4.78, 5) is 26.4. The Kier molecular flexibility index (Phi) is 7.70. The summed E-state index contributed by atoms with van der Waals surface area (Å²) in [5, 5.41) is -0.00604. The van der Waals surface area contributed by atoms with E-state index < -0.39 is 21.5 Å². The number of nitrogens with one attached hydrogen (secondary N) is 1. The van der Waals surface area contributed by atoms with Gasteiger partial charge in [-0.2, -0.15) is 0 Å². The molecule has 1 N–H and O–H groups in total. The van der Waals surface area contributed by atoms with E-state index in [1.807, 2.05) is 6.92 Å². The molecule has 1 aliphatic heterocycles. The van der Waals surface area contributed by atoms with Crippen molar-refractivity contribution in [2.24, 2.45) is 0 Å². The van der Waals surface area contributed by atoms with Crippen molar-refractivity contribution in [3.8, 4) is 0 Å². The number of hydrogen-bond donors (Lipinski definition) is 1. The molecule has 0 radical (unpaired) electrons. The molecule has 9 heteroatoms. The van der Waals surface area contributed by atoms with Gasteiger partial charge in [0.25, 0.3) is 5.91 Å². The number of nitrogens with zero attached hydrogens (tertiary/aromatic N) is 1. The summed E-state index contributed by atoms with van der Waals surface area (Å²) in [6.45, 7) is 7.42. The van der Waals surface area contributed by atoms with Crippen LogP contribution in [0.4, 0.5) is 0 Å². The van der Waals surface area contributed by atoms with Gasteiger partial charge in [-0.15, -0.1) is 0 Å². The maximum absolute atomic E-state index is 12.6. The Labute approximate surface area is 177 Å². The molecule has 1 aromatic carbocycles. The summed E-state index contributed by atoms with van der Waals surface area (Å²) >= 11 is 6.04. The molecule has 0 aromatic heterocycles. The van der Waals surface area contributed by atoms with Crippen molar-refractivity contribution in [3.63, 3.8) is 0 Å². The molecular formula is C20H29ClN2O5S. The second-order valence-corrected chi connectivity index (χ2v) is 10.3. The Balaban J connectivity index is 2.11. The molecule has 1 fully saturated rings. The fourth-order valence-electron chi connectivity index (χ4n) is 3.34. The van der Waals surface area contributed by atoms with E-state index in [-0.39, 0.29) is 34.0 Å². The molecule has 1 aromatic rings. The van der Waals surface area contributed by atoms with E-state index in [9.17, 15) is 18.0 Å². The van der Waals surface area contributed by atoms with E-state index in [2.05, 4.69) is 4.72 Å². The second kappa shape index (κ2) is 9.45. The van der Waals surface area contributed by atoms with Crippen molar-refractivity contribution in [1.29, 1.82) is 0 Å². The van der Waals surface area contributed by atoms with E-state index in [0.29, 0.717) is 6.54 Å². The van der Waals surface area contributed by atoms with Gasteiger partial charge in [0.1, 0.15) is 4.90 Å². The molecule has 1 atom stereocenters. The van der Waals surface area contributed by atoms with E-state index >= 15 is 0 Å². The molecule has 0 saturated carbocycles. The highest BCUT2D eigenvalue weighted by Crippen LogP contribution is 2.25. The first-order valence-corrected chi connectivity index (χ1v) is 11.6. The van der Waals surface area contributed by atoms with Crippen LogP contribution in [-0.4, -0.2) is 49.9 Å². The first kappa shape index (κ1) is 23.6. The molecule has 1 amide bonds. The largest absolute Gasteiger partial charge is 0.452 e. The minimum absolute atomic E-state index is 0.00604. The Morgan fingerprint density at radius 3 is 2.59 bits per heavy atom. The smallest absolute Gasteiger partial charge is 0.338 e. The molecule has 1 unspecified atom stereocenters. The lowest BCUT2D eigenvalue weighted by atomic mass is 10.00. The van der Waals surface area contributed by atoms with Crippen LogP contribution < -0.4 is 4.72 Å². The highest BCUT2D eigenvalue weighted by molar-refractivity contribution is 7.89. The first-order valence-electron chi connectivity index (χ1n) is 9.74. The Morgan fingerprint density at radius 2 is 1.97 bits per heavy atom. The van der Waals surface area contributed by atoms with Gasteiger partial charge in [0, 0.05) is 18.1 Å². The maximum Gasteiger partial charge on any atom is 0.338 e. The quantitative estimate of drug-likeness (QED) is 0.679. The van der Waals surface area contributed by atoms with E-state index in [4.69, 9.17) is 16.3 Å². The van der Waals surface area contributed by atoms with Crippen LogP contribution >= 0.6 is 11.6 Å². The van der Waals surface area contributed by atoms with Crippen molar-refractivity contribution in [2.75, 3.05) is 13.2 Å². The van der Waals surface area contributed by atoms with Crippen LogP contribution in [0, 0.1) is 0 Å². The van der Waals surface area contributed by atoms with Gasteiger partial charge in [-0.1, -0.05) is 18.5 Å². The summed E-state index contributed by atoms with van der Waals surface area (Å²) in [5.41, 5.74) is -0.697. The van der Waals surface area contributed by atoms with Gasteiger partial charge in [-0.05, 0) is 64.7 Å². The number of piperidine rings is 1. The zero-order chi connectivity index (χ0) is 21.8. The average Bonchev–Trinajstić information content (AvgIpc) is 2.64. The average molecular weight is 445 g/mol. The van der Waals surface area contributed by atoms with Crippen molar-refractivity contribution >= 4 is 33.5 Å². The summed E-state index contributed by atoms with van der Waals surface area (Å²) in [6, 6.07) is 4.04. The number of rotatable bonds is 6. The normalized spacial score (nSPS) is 17.8. The topological polar surface area (TPSA) is 92.8 Å². The van der Waals surface area contributed by atoms with Crippen LogP contribution in [0.3, 0.4) is 0 Å². The van der Waals surface area contributed by atoms with E-state index in [1.165, 1.54) is 18.2 Å². The second-order valence-electron chi connectivity index (χ2n) is 8.22. The lowest BCUT2D eigenvalue weighted by Crippen LogP contribution is -2.45. The number of halogens is 1. The van der Waals surface area contributed by atoms with Crippen LogP contribution in [0.15, 0.2) is 23.1 Å². The Hall–Kier alpha value is -1.64. The highest BCUT2D eigenvalue weighted by Gasteiger charge is 2.28. The lowest BCUT2D eigenvalue weighted by molar-refractivity contribution is -0.138. The zero-order valence-corrected chi connectivity index (χ0v) is 18.9. The fourth-order valence-corrected chi connectivity index (χ4v) is 5.29. The van der Waals surface area contributed by atoms with Crippen molar-refractivity contribution in [3.05, 3.63) is 28.8 Å². The monoisotopic (exact) mass is 444 g/mol. The summed E-state index contributed by atoms with van der Waals surface area (Å²) < 4.78 is 32.8. The Morgan fingerprint density at radius 1 is 1.28 bits per heavy atom. The van der Waals surface area contributed by atoms with Crippen LogP contribution in [-0.2, 0) is 19.6 Å². The predicted molar refractivity (Wildman–Crippen MR) is 111 cm³/mol. The molecule has 1 heterocycles. The SMILES string of the molecule is CCC1CCCCN1C(=O)COC(=O)c1ccc(Cl)c(S(=O)(=O)NC(C)(C)C)c1. The molecule has 0 spiro atoms. The third kappa shape index (κ3) is 6.42. The molecule has 162 valence electrons. The van der Waals surface area contributed by atoms with Gasteiger partial charge < -0.3 is 9.64 Å². The first-order chi connectivity index (χ1) is 13.4. The van der Waals surface area contributed by atoms with Crippen LogP contribution in [0.2, 0.25) is 5.02 Å². The number of hydrogen-bond acceptors (Lipinski definition) is 5. The van der Waals surface area contributed by atoms with Crippen LogP contribution in [0.1, 0.15) is 63.7 Å². The minimum atomic E-state index is -3.93. The standard InChI is InChI=1S/C20H29ClN2O5S/c1-5-15-8-6-7-11-23(15)18(24)13-28-19(25)14-9-10-16(21)17(12-14)29(26,27)22-20(2,3)4/h9-10,12,15,22H,5-8,11,13H2,1-4H3. The Bertz CT molecular complexity index is 864. The molecule has 0 bridgehead atoms. The number of amides is 1. The number of carbonyl (C=O) groups is 2. The molecule has 1 aliphatic rings. The van der Waals surface area contributed by atoms with Gasteiger partial charge in [0.2, 0.25) is 10.0 Å². The van der Waals surface area contributed by atoms with Gasteiger partial charge >= 0.3 is 5.97 Å². The minimum Gasteiger partial charge on any atom is -0.452 e. The van der Waals surface area contributed by atoms with Crippen LogP contribution in [0.25, 0.3) is 0 Å². The molecule has 0 aliphatic carbocycles. The lowest BCUT2D eigenvalue weighted by Gasteiger charge is -2.35. The predicted octanol–water partition coefficient (Wildman–Crippen LogP) is 3.36. The third-order valence-electron chi connectivity index (χ3n) is 4.64. The molecule has 7 nitrogen and oxygen atoms in total. The number of likely N-dealkylation sites (tertiary alicyclic amines) is 1. The van der Waals surface area contributed by atoms with Gasteiger partial charge in [-0.25, -0.2) is 17.9 Å². The summed E-state index contributed by atoms with van der Waals surface area (Å²) in [7, 11) is -3.93. The van der Waals surface area contributed by atoms with Gasteiger partial charge in [-0.3, -0.25) is 4.79 Å². The molecular weight excluding hydrogens is 416 g/mol.